The lowest BCUT2D eigenvalue weighted by molar-refractivity contribution is 0.483. The van der Waals surface area contributed by atoms with Crippen molar-refractivity contribution in [2.24, 2.45) is 4.99 Å². The van der Waals surface area contributed by atoms with Crippen molar-refractivity contribution in [3.63, 3.8) is 0 Å². The molecule has 0 spiro atoms. The second kappa shape index (κ2) is 8.16. The van der Waals surface area contributed by atoms with E-state index in [0.717, 1.165) is 43.4 Å². The third-order valence-electron chi connectivity index (χ3n) is 4.31. The maximum absolute atomic E-state index is 4.62. The predicted molar refractivity (Wildman–Crippen MR) is 106 cm³/mol. The molecule has 0 saturated carbocycles. The minimum absolute atomic E-state index is 0.817. The van der Waals surface area contributed by atoms with Gasteiger partial charge in [-0.2, -0.15) is 0 Å². The van der Waals surface area contributed by atoms with E-state index in [-0.39, 0.29) is 0 Å². The Morgan fingerprint density at radius 1 is 1.28 bits per heavy atom. The molecule has 0 amide bonds. The second-order valence-corrected chi connectivity index (χ2v) is 7.06. The Labute approximate surface area is 153 Å². The molecule has 2 heterocycles. The summed E-state index contributed by atoms with van der Waals surface area (Å²) in [6.45, 7) is 4.69. The van der Waals surface area contributed by atoms with E-state index < -0.39 is 0 Å². The second-order valence-electron chi connectivity index (χ2n) is 6.02. The van der Waals surface area contributed by atoms with Crippen molar-refractivity contribution in [2.45, 2.75) is 19.9 Å². The first-order valence-corrected chi connectivity index (χ1v) is 9.43. The number of benzene rings is 1. The van der Waals surface area contributed by atoms with Gasteiger partial charge in [0.2, 0.25) is 0 Å². The summed E-state index contributed by atoms with van der Waals surface area (Å²) in [4.78, 5) is 12.6. The molecule has 0 aliphatic carbocycles. The Bertz CT molecular complexity index is 835. The van der Waals surface area contributed by atoms with Gasteiger partial charge >= 0.3 is 0 Å². The number of aliphatic imine (C=N–C) groups is 1. The number of aryl methyl sites for hydroxylation is 1. The van der Waals surface area contributed by atoms with Crippen molar-refractivity contribution in [2.75, 3.05) is 27.2 Å². The Morgan fingerprint density at radius 3 is 2.88 bits per heavy atom. The largest absolute Gasteiger partial charge is 0.354 e. The SMILES string of the molecule is CN=C(NCCn1c(C)nc2ccccc21)N(C)CCc1cccs1. The molecule has 0 saturated heterocycles. The first-order chi connectivity index (χ1) is 12.2. The van der Waals surface area contributed by atoms with Crippen LogP contribution >= 0.6 is 11.3 Å². The maximum atomic E-state index is 4.62. The van der Waals surface area contributed by atoms with Crippen LogP contribution in [0.4, 0.5) is 0 Å². The van der Waals surface area contributed by atoms with Gasteiger partial charge < -0.3 is 14.8 Å². The summed E-state index contributed by atoms with van der Waals surface area (Å²) in [6.07, 6.45) is 1.04. The summed E-state index contributed by atoms with van der Waals surface area (Å²) in [5.41, 5.74) is 2.24. The summed E-state index contributed by atoms with van der Waals surface area (Å²) in [5, 5.41) is 5.59. The highest BCUT2D eigenvalue weighted by Gasteiger charge is 2.08. The Balaban J connectivity index is 1.55. The molecule has 5 nitrogen and oxygen atoms in total. The maximum Gasteiger partial charge on any atom is 0.193 e. The summed E-state index contributed by atoms with van der Waals surface area (Å²) in [7, 11) is 3.92. The van der Waals surface area contributed by atoms with E-state index in [1.165, 1.54) is 10.4 Å². The fourth-order valence-electron chi connectivity index (χ4n) is 2.98. The number of rotatable bonds is 6. The van der Waals surface area contributed by atoms with E-state index in [0.29, 0.717) is 0 Å². The molecule has 0 aliphatic heterocycles. The lowest BCUT2D eigenvalue weighted by Crippen LogP contribution is -2.41. The zero-order chi connectivity index (χ0) is 17.6. The zero-order valence-electron chi connectivity index (χ0n) is 15.1. The van der Waals surface area contributed by atoms with Crippen molar-refractivity contribution in [3.05, 3.63) is 52.5 Å². The van der Waals surface area contributed by atoms with E-state index in [4.69, 9.17) is 0 Å². The van der Waals surface area contributed by atoms with Crippen LogP contribution in [0.1, 0.15) is 10.7 Å². The number of guanidine groups is 1. The molecule has 0 radical (unpaired) electrons. The van der Waals surface area contributed by atoms with Crippen LogP contribution in [0, 0.1) is 6.92 Å². The van der Waals surface area contributed by atoms with Crippen LogP contribution in [0.5, 0.6) is 0 Å². The molecule has 3 rings (SSSR count). The van der Waals surface area contributed by atoms with Crippen molar-refractivity contribution in [1.82, 2.24) is 19.8 Å². The van der Waals surface area contributed by atoms with Crippen LogP contribution in [0.25, 0.3) is 11.0 Å². The van der Waals surface area contributed by atoms with Gasteiger partial charge in [0.05, 0.1) is 11.0 Å². The zero-order valence-corrected chi connectivity index (χ0v) is 15.9. The number of imidazole rings is 1. The molecule has 6 heteroatoms. The lowest BCUT2D eigenvalue weighted by Gasteiger charge is -2.22. The van der Waals surface area contributed by atoms with Gasteiger partial charge in [0.1, 0.15) is 5.82 Å². The number of nitrogens with zero attached hydrogens (tertiary/aromatic N) is 4. The number of likely N-dealkylation sites (N-methyl/N-ethyl adjacent to an activating group) is 1. The van der Waals surface area contributed by atoms with Gasteiger partial charge in [-0.15, -0.1) is 11.3 Å². The molecule has 25 heavy (non-hydrogen) atoms. The summed E-state index contributed by atoms with van der Waals surface area (Å²) >= 11 is 1.81. The summed E-state index contributed by atoms with van der Waals surface area (Å²) < 4.78 is 2.25. The molecular formula is C19H25N5S. The van der Waals surface area contributed by atoms with Crippen LogP contribution in [0.3, 0.4) is 0 Å². The number of fused-ring (bicyclic) bond motifs is 1. The molecule has 0 fully saturated rings. The van der Waals surface area contributed by atoms with E-state index in [2.05, 4.69) is 74.4 Å². The highest BCUT2D eigenvalue weighted by atomic mass is 32.1. The third kappa shape index (κ3) is 4.20. The number of aromatic nitrogens is 2. The highest BCUT2D eigenvalue weighted by Crippen LogP contribution is 2.14. The fourth-order valence-corrected chi connectivity index (χ4v) is 3.68. The molecule has 132 valence electrons. The van der Waals surface area contributed by atoms with Crippen molar-refractivity contribution in [3.8, 4) is 0 Å². The van der Waals surface area contributed by atoms with Crippen LogP contribution in [0.15, 0.2) is 46.8 Å². The smallest absolute Gasteiger partial charge is 0.193 e. The predicted octanol–water partition coefficient (Wildman–Crippen LogP) is 3.16. The third-order valence-corrected chi connectivity index (χ3v) is 5.25. The lowest BCUT2D eigenvalue weighted by atomic mass is 10.3. The molecule has 0 aliphatic rings. The van der Waals surface area contributed by atoms with Crippen molar-refractivity contribution >= 4 is 28.3 Å². The molecule has 1 aromatic carbocycles. The monoisotopic (exact) mass is 355 g/mol. The number of para-hydroxylation sites is 2. The topological polar surface area (TPSA) is 45.5 Å². The first kappa shape index (κ1) is 17.5. The van der Waals surface area contributed by atoms with Gasteiger partial charge in [-0.05, 0) is 36.9 Å². The number of hydrogen-bond donors (Lipinski definition) is 1. The molecule has 3 aromatic rings. The fraction of sp³-hybridized carbons (Fsp3) is 0.368. The summed E-state index contributed by atoms with van der Waals surface area (Å²) in [6, 6.07) is 12.6. The summed E-state index contributed by atoms with van der Waals surface area (Å²) in [5.74, 6) is 1.97. The van der Waals surface area contributed by atoms with Gasteiger partial charge in [-0.1, -0.05) is 18.2 Å². The number of thiophene rings is 1. The Hall–Kier alpha value is -2.34. The Morgan fingerprint density at radius 2 is 2.12 bits per heavy atom. The van der Waals surface area contributed by atoms with Gasteiger partial charge in [-0.3, -0.25) is 4.99 Å². The van der Waals surface area contributed by atoms with E-state index >= 15 is 0 Å². The first-order valence-electron chi connectivity index (χ1n) is 8.55. The van der Waals surface area contributed by atoms with Gasteiger partial charge in [0.15, 0.2) is 5.96 Å². The van der Waals surface area contributed by atoms with Crippen LogP contribution in [-0.4, -0.2) is 47.6 Å². The van der Waals surface area contributed by atoms with Crippen LogP contribution in [-0.2, 0) is 13.0 Å². The average molecular weight is 356 g/mol. The van der Waals surface area contributed by atoms with Crippen molar-refractivity contribution < 1.29 is 0 Å². The van der Waals surface area contributed by atoms with Crippen LogP contribution < -0.4 is 5.32 Å². The Kier molecular flexibility index (Phi) is 5.71. The van der Waals surface area contributed by atoms with Crippen LogP contribution in [0.2, 0.25) is 0 Å². The van der Waals surface area contributed by atoms with Gasteiger partial charge in [0.25, 0.3) is 0 Å². The number of nitrogens with one attached hydrogen (secondary N) is 1. The van der Waals surface area contributed by atoms with Gasteiger partial charge in [0, 0.05) is 38.6 Å². The van der Waals surface area contributed by atoms with E-state index in [1.54, 1.807) is 11.3 Å². The minimum atomic E-state index is 0.817. The minimum Gasteiger partial charge on any atom is -0.354 e. The molecule has 2 aromatic heterocycles. The normalized spacial score (nSPS) is 11.9. The highest BCUT2D eigenvalue weighted by molar-refractivity contribution is 7.09. The molecule has 0 atom stereocenters. The van der Waals surface area contributed by atoms with E-state index in [1.807, 2.05) is 13.1 Å². The van der Waals surface area contributed by atoms with E-state index in [9.17, 15) is 0 Å². The molecule has 1 N–H and O–H groups in total. The quantitative estimate of drug-likeness (QED) is 0.546. The van der Waals surface area contributed by atoms with Gasteiger partial charge in [-0.25, -0.2) is 4.98 Å². The number of hydrogen-bond acceptors (Lipinski definition) is 3. The average Bonchev–Trinajstić information content (AvgIpc) is 3.24. The molecular weight excluding hydrogens is 330 g/mol. The van der Waals surface area contributed by atoms with Crippen molar-refractivity contribution in [1.29, 1.82) is 0 Å². The standard InChI is InChI=1S/C19H25N5S/c1-15-22-17-8-4-5-9-18(17)24(15)13-11-21-19(20-2)23(3)12-10-16-7-6-14-25-16/h4-9,14H,10-13H2,1-3H3,(H,20,21). The molecule has 0 unspecified atom stereocenters. The molecule has 0 bridgehead atoms.